The van der Waals surface area contributed by atoms with Gasteiger partial charge in [0.25, 0.3) is 0 Å². The molecule has 0 saturated carbocycles. The van der Waals surface area contributed by atoms with E-state index in [0.717, 1.165) is 55.4 Å². The van der Waals surface area contributed by atoms with Gasteiger partial charge in [0.1, 0.15) is 23.1 Å². The number of anilines is 1. The molecule has 1 aromatic carbocycles. The molecule has 1 fully saturated rings. The van der Waals surface area contributed by atoms with Crippen LogP contribution in [0.1, 0.15) is 55.7 Å². The maximum atomic E-state index is 14.5. The van der Waals surface area contributed by atoms with Gasteiger partial charge in [-0.25, -0.2) is 23.0 Å². The highest BCUT2D eigenvalue weighted by molar-refractivity contribution is 5.67. The monoisotopic (exact) mass is 446 g/mol. The Balaban J connectivity index is 1.36. The van der Waals surface area contributed by atoms with Crippen LogP contribution in [0.15, 0.2) is 55.1 Å². The van der Waals surface area contributed by atoms with Crippen molar-refractivity contribution in [2.45, 2.75) is 44.6 Å². The largest absolute Gasteiger partial charge is 0.349 e. The van der Waals surface area contributed by atoms with Crippen LogP contribution in [-0.2, 0) is 0 Å². The van der Waals surface area contributed by atoms with E-state index in [4.69, 9.17) is 4.98 Å². The standard InChI is InChI=1S/C25H24F2N6/c26-19-8-9-21(27)20(13-19)22-7-4-11-31(22)24-10-12-32-25(30-24)23(15-29-32)33-16-18(14-28-33)17-5-2-1-3-6-17/h5,8-10,12-16,22H,1-4,6-7,11H2/t22-/m1/s1. The van der Waals surface area contributed by atoms with Crippen LogP contribution < -0.4 is 4.90 Å². The zero-order valence-electron chi connectivity index (χ0n) is 18.2. The smallest absolute Gasteiger partial charge is 0.183 e. The Morgan fingerprint density at radius 1 is 1.00 bits per heavy atom. The third-order valence-electron chi connectivity index (χ3n) is 6.69. The summed E-state index contributed by atoms with van der Waals surface area (Å²) in [4.78, 5) is 6.93. The van der Waals surface area contributed by atoms with Crippen LogP contribution in [0.2, 0.25) is 0 Å². The molecular formula is C25H24F2N6. The number of benzene rings is 1. The van der Waals surface area contributed by atoms with Gasteiger partial charge in [-0.3, -0.25) is 0 Å². The molecule has 6 nitrogen and oxygen atoms in total. The minimum Gasteiger partial charge on any atom is -0.349 e. The fraction of sp³-hybridized carbons (Fsp3) is 0.320. The number of hydrogen-bond donors (Lipinski definition) is 0. The van der Waals surface area contributed by atoms with Crippen LogP contribution in [0.5, 0.6) is 0 Å². The molecule has 1 atom stereocenters. The molecule has 168 valence electrons. The molecule has 33 heavy (non-hydrogen) atoms. The number of hydrogen-bond acceptors (Lipinski definition) is 4. The second-order valence-corrected chi connectivity index (χ2v) is 8.75. The molecular weight excluding hydrogens is 422 g/mol. The molecule has 4 heterocycles. The van der Waals surface area contributed by atoms with Gasteiger partial charge in [-0.2, -0.15) is 10.2 Å². The van der Waals surface area contributed by atoms with Crippen LogP contribution in [0, 0.1) is 11.6 Å². The summed E-state index contributed by atoms with van der Waals surface area (Å²) in [6.07, 6.45) is 16.1. The molecule has 1 aliphatic carbocycles. The van der Waals surface area contributed by atoms with Crippen molar-refractivity contribution in [2.24, 2.45) is 0 Å². The Bertz CT molecular complexity index is 1350. The second kappa shape index (κ2) is 8.10. The van der Waals surface area contributed by atoms with E-state index in [-0.39, 0.29) is 11.9 Å². The number of allylic oxidation sites excluding steroid dienone is 2. The van der Waals surface area contributed by atoms with Crippen LogP contribution in [-0.4, -0.2) is 30.9 Å². The zero-order chi connectivity index (χ0) is 22.4. The molecule has 0 amide bonds. The van der Waals surface area contributed by atoms with Crippen molar-refractivity contribution in [1.82, 2.24) is 24.4 Å². The second-order valence-electron chi connectivity index (χ2n) is 8.75. The van der Waals surface area contributed by atoms with Gasteiger partial charge < -0.3 is 4.90 Å². The maximum Gasteiger partial charge on any atom is 0.183 e. The molecule has 0 spiro atoms. The van der Waals surface area contributed by atoms with Crippen molar-refractivity contribution in [3.63, 3.8) is 0 Å². The van der Waals surface area contributed by atoms with Gasteiger partial charge in [-0.05, 0) is 68.4 Å². The summed E-state index contributed by atoms with van der Waals surface area (Å²) < 4.78 is 31.9. The predicted octanol–water partition coefficient (Wildman–Crippen LogP) is 5.49. The van der Waals surface area contributed by atoms with E-state index in [1.165, 1.54) is 30.5 Å². The molecule has 0 N–H and O–H groups in total. The van der Waals surface area contributed by atoms with E-state index in [9.17, 15) is 8.78 Å². The van der Waals surface area contributed by atoms with E-state index >= 15 is 0 Å². The van der Waals surface area contributed by atoms with E-state index in [1.807, 2.05) is 29.3 Å². The first-order chi connectivity index (χ1) is 16.2. The molecule has 1 aliphatic heterocycles. The highest BCUT2D eigenvalue weighted by Crippen LogP contribution is 2.37. The average Bonchev–Trinajstić information content (AvgIpc) is 3.60. The van der Waals surface area contributed by atoms with Gasteiger partial charge in [0.05, 0.1) is 18.4 Å². The minimum absolute atomic E-state index is 0.253. The molecule has 8 heteroatoms. The summed E-state index contributed by atoms with van der Waals surface area (Å²) in [7, 11) is 0. The van der Waals surface area contributed by atoms with Gasteiger partial charge in [-0.1, -0.05) is 6.08 Å². The molecule has 4 aromatic rings. The Kier molecular flexibility index (Phi) is 4.93. The van der Waals surface area contributed by atoms with Crippen LogP contribution in [0.3, 0.4) is 0 Å². The number of rotatable bonds is 4. The maximum absolute atomic E-state index is 14.5. The predicted molar refractivity (Wildman–Crippen MR) is 122 cm³/mol. The number of halogens is 2. The van der Waals surface area contributed by atoms with E-state index < -0.39 is 5.82 Å². The number of fused-ring (bicyclic) bond motifs is 1. The third-order valence-corrected chi connectivity index (χ3v) is 6.69. The van der Waals surface area contributed by atoms with Gasteiger partial charge in [0.2, 0.25) is 0 Å². The number of nitrogens with zero attached hydrogens (tertiary/aromatic N) is 6. The lowest BCUT2D eigenvalue weighted by molar-refractivity contribution is 0.560. The van der Waals surface area contributed by atoms with Crippen LogP contribution >= 0.6 is 0 Å². The van der Waals surface area contributed by atoms with Gasteiger partial charge in [-0.15, -0.1) is 0 Å². The summed E-state index contributed by atoms with van der Waals surface area (Å²) in [5.74, 6) is -0.0967. The van der Waals surface area contributed by atoms with Crippen LogP contribution in [0.4, 0.5) is 14.6 Å². The lowest BCUT2D eigenvalue weighted by Gasteiger charge is -2.26. The van der Waals surface area contributed by atoms with Gasteiger partial charge >= 0.3 is 0 Å². The lowest BCUT2D eigenvalue weighted by Crippen LogP contribution is -2.24. The Labute approximate surface area is 190 Å². The average molecular weight is 447 g/mol. The lowest BCUT2D eigenvalue weighted by atomic mass is 9.96. The topological polar surface area (TPSA) is 51.2 Å². The van der Waals surface area contributed by atoms with Crippen molar-refractivity contribution in [2.75, 3.05) is 11.4 Å². The summed E-state index contributed by atoms with van der Waals surface area (Å²) in [6, 6.07) is 5.27. The van der Waals surface area contributed by atoms with Crippen molar-refractivity contribution in [1.29, 1.82) is 0 Å². The van der Waals surface area contributed by atoms with Gasteiger partial charge in [0, 0.05) is 30.1 Å². The van der Waals surface area contributed by atoms with Crippen molar-refractivity contribution >= 4 is 17.0 Å². The van der Waals surface area contributed by atoms with Gasteiger partial charge in [0.15, 0.2) is 5.65 Å². The first-order valence-electron chi connectivity index (χ1n) is 11.5. The Morgan fingerprint density at radius 3 is 2.82 bits per heavy atom. The van der Waals surface area contributed by atoms with Crippen molar-refractivity contribution in [3.8, 4) is 5.69 Å². The molecule has 6 rings (SSSR count). The molecule has 1 saturated heterocycles. The molecule has 0 radical (unpaired) electrons. The summed E-state index contributed by atoms with van der Waals surface area (Å²) in [5.41, 5.74) is 4.30. The third kappa shape index (κ3) is 3.59. The van der Waals surface area contributed by atoms with E-state index in [0.29, 0.717) is 11.2 Å². The molecule has 2 aliphatic rings. The zero-order valence-corrected chi connectivity index (χ0v) is 18.2. The summed E-state index contributed by atoms with van der Waals surface area (Å²) >= 11 is 0. The molecule has 0 bridgehead atoms. The summed E-state index contributed by atoms with van der Waals surface area (Å²) in [6.45, 7) is 0.730. The van der Waals surface area contributed by atoms with E-state index in [1.54, 1.807) is 10.7 Å². The fourth-order valence-electron chi connectivity index (χ4n) is 5.02. The first-order valence-corrected chi connectivity index (χ1v) is 11.5. The highest BCUT2D eigenvalue weighted by atomic mass is 19.1. The Morgan fingerprint density at radius 2 is 1.94 bits per heavy atom. The summed E-state index contributed by atoms with van der Waals surface area (Å²) in [5, 5.41) is 9.01. The van der Waals surface area contributed by atoms with Crippen LogP contribution in [0.25, 0.3) is 16.9 Å². The highest BCUT2D eigenvalue weighted by Gasteiger charge is 2.30. The first kappa shape index (κ1) is 20.1. The SMILES string of the molecule is Fc1ccc(F)c([C@H]2CCCN2c2ccn3ncc(-n4cc(C5=CCCCC5)cn4)c3n2)c1. The van der Waals surface area contributed by atoms with Crippen molar-refractivity contribution in [3.05, 3.63) is 77.9 Å². The van der Waals surface area contributed by atoms with Crippen molar-refractivity contribution < 1.29 is 8.78 Å². The molecule has 3 aromatic heterocycles. The Hall–Kier alpha value is -3.55. The van der Waals surface area contributed by atoms with E-state index in [2.05, 4.69) is 21.2 Å². The minimum atomic E-state index is -0.428. The number of aromatic nitrogens is 5. The molecule has 0 unspecified atom stereocenters. The quantitative estimate of drug-likeness (QED) is 0.416. The fourth-order valence-corrected chi connectivity index (χ4v) is 5.02. The normalized spacial score (nSPS) is 18.8.